The zero-order valence-corrected chi connectivity index (χ0v) is 25.8. The average molecular weight is 559 g/mol. The van der Waals surface area contributed by atoms with Gasteiger partial charge >= 0.3 is 8.60 Å². The highest BCUT2D eigenvalue weighted by atomic mass is 31.2. The molecule has 0 aliphatic heterocycles. The first-order chi connectivity index (χ1) is 19.3. The van der Waals surface area contributed by atoms with E-state index in [-0.39, 0.29) is 0 Å². The SMILES string of the molecule is CCCCCCCCCCCOC(CCCC)CCCCCCOP(Oc1ccccc1)Oc1ccccc1. The number of unbranched alkanes of at least 4 members (excludes halogenated alkanes) is 12. The van der Waals surface area contributed by atoms with Crippen LogP contribution in [0.15, 0.2) is 60.7 Å². The van der Waals surface area contributed by atoms with Gasteiger partial charge in [-0.3, -0.25) is 4.52 Å². The number of ether oxygens (including phenoxy) is 1. The maximum absolute atomic E-state index is 6.32. The molecule has 1 unspecified atom stereocenters. The fourth-order valence-electron chi connectivity index (χ4n) is 4.58. The third kappa shape index (κ3) is 18.4. The van der Waals surface area contributed by atoms with Crippen LogP contribution in [0.2, 0.25) is 0 Å². The second kappa shape index (κ2) is 24.2. The Bertz CT molecular complexity index is 732. The molecule has 0 bridgehead atoms. The highest BCUT2D eigenvalue weighted by Crippen LogP contribution is 2.41. The summed E-state index contributed by atoms with van der Waals surface area (Å²) in [5.74, 6) is 1.53. The van der Waals surface area contributed by atoms with E-state index in [0.29, 0.717) is 12.7 Å². The molecule has 0 amide bonds. The maximum atomic E-state index is 6.32. The molecule has 5 heteroatoms. The van der Waals surface area contributed by atoms with Crippen LogP contribution in [0.25, 0.3) is 0 Å². The normalized spacial score (nSPS) is 12.1. The van der Waals surface area contributed by atoms with Gasteiger partial charge in [-0.2, -0.15) is 0 Å². The standard InChI is InChI=1S/C34H55O4P/c1-3-5-7-8-9-10-11-13-22-30-35-32(24-6-4-2)25-17-12-14-23-31-36-39(37-33-26-18-15-19-27-33)38-34-28-20-16-21-29-34/h15-16,18-21,26-29,32H,3-14,17,22-25,30-31H2,1-2H3. The molecule has 0 aliphatic carbocycles. The second-order valence-corrected chi connectivity index (χ2v) is 11.6. The molecule has 0 saturated carbocycles. The number of para-hydroxylation sites is 2. The van der Waals surface area contributed by atoms with Crippen molar-refractivity contribution in [2.45, 2.75) is 129 Å². The Morgan fingerprint density at radius 1 is 0.513 bits per heavy atom. The van der Waals surface area contributed by atoms with Crippen molar-refractivity contribution >= 4 is 8.60 Å². The molecular weight excluding hydrogens is 503 g/mol. The predicted octanol–water partition coefficient (Wildman–Crippen LogP) is 11.4. The summed E-state index contributed by atoms with van der Waals surface area (Å²) in [6.45, 7) is 6.13. The largest absolute Gasteiger partial charge is 0.463 e. The lowest BCUT2D eigenvalue weighted by Crippen LogP contribution is -2.14. The van der Waals surface area contributed by atoms with Gasteiger partial charge in [-0.1, -0.05) is 134 Å². The average Bonchev–Trinajstić information content (AvgIpc) is 2.96. The molecule has 4 nitrogen and oxygen atoms in total. The summed E-state index contributed by atoms with van der Waals surface area (Å²) in [6, 6.07) is 19.5. The first-order valence-electron chi connectivity index (χ1n) is 15.8. The lowest BCUT2D eigenvalue weighted by atomic mass is 10.0. The highest BCUT2D eigenvalue weighted by molar-refractivity contribution is 7.42. The first-order valence-corrected chi connectivity index (χ1v) is 16.9. The monoisotopic (exact) mass is 558 g/mol. The molecule has 0 aromatic heterocycles. The minimum atomic E-state index is -1.49. The number of benzene rings is 2. The minimum Gasteiger partial charge on any atom is -0.418 e. The van der Waals surface area contributed by atoms with Gasteiger partial charge in [0.05, 0.1) is 12.7 Å². The number of hydrogen-bond donors (Lipinski definition) is 0. The van der Waals surface area contributed by atoms with E-state index >= 15 is 0 Å². The van der Waals surface area contributed by atoms with E-state index in [1.54, 1.807) is 0 Å². The molecule has 0 saturated heterocycles. The summed E-state index contributed by atoms with van der Waals surface area (Å²) in [5.41, 5.74) is 0. The van der Waals surface area contributed by atoms with Gasteiger partial charge in [0.2, 0.25) is 0 Å². The van der Waals surface area contributed by atoms with Crippen LogP contribution >= 0.6 is 8.60 Å². The predicted molar refractivity (Wildman–Crippen MR) is 167 cm³/mol. The molecule has 0 N–H and O–H groups in total. The van der Waals surface area contributed by atoms with Crippen LogP contribution in [0.1, 0.15) is 123 Å². The van der Waals surface area contributed by atoms with E-state index in [1.165, 1.54) is 96.3 Å². The molecule has 2 aromatic rings. The van der Waals surface area contributed by atoms with E-state index in [9.17, 15) is 0 Å². The molecular formula is C34H55O4P. The van der Waals surface area contributed by atoms with E-state index < -0.39 is 8.60 Å². The minimum absolute atomic E-state index is 0.432. The van der Waals surface area contributed by atoms with Crippen LogP contribution in [-0.2, 0) is 9.26 Å². The van der Waals surface area contributed by atoms with Crippen LogP contribution in [-0.4, -0.2) is 19.3 Å². The number of rotatable bonds is 26. The molecule has 0 radical (unpaired) electrons. The Balaban J connectivity index is 1.56. The van der Waals surface area contributed by atoms with Gasteiger partial charge in [0.1, 0.15) is 11.5 Å². The summed E-state index contributed by atoms with van der Waals surface area (Å²) in [6.07, 6.45) is 22.2. The molecule has 1 atom stereocenters. The fraction of sp³-hybridized carbons (Fsp3) is 0.647. The smallest absolute Gasteiger partial charge is 0.418 e. The first kappa shape index (κ1) is 33.6. The van der Waals surface area contributed by atoms with E-state index in [1.807, 2.05) is 60.7 Å². The summed E-state index contributed by atoms with van der Waals surface area (Å²) in [7, 11) is -1.49. The van der Waals surface area contributed by atoms with Gasteiger partial charge < -0.3 is 13.8 Å². The van der Waals surface area contributed by atoms with Crippen LogP contribution in [0.3, 0.4) is 0 Å². The molecule has 0 spiro atoms. The zero-order valence-electron chi connectivity index (χ0n) is 24.9. The van der Waals surface area contributed by atoms with Crippen molar-refractivity contribution in [3.8, 4) is 11.5 Å². The van der Waals surface area contributed by atoms with Crippen molar-refractivity contribution in [3.05, 3.63) is 60.7 Å². The lowest BCUT2D eigenvalue weighted by molar-refractivity contribution is 0.0360. The van der Waals surface area contributed by atoms with Gasteiger partial charge in [0.25, 0.3) is 0 Å². The van der Waals surface area contributed by atoms with E-state index in [2.05, 4.69) is 13.8 Å². The van der Waals surface area contributed by atoms with E-state index in [0.717, 1.165) is 30.9 Å². The molecule has 2 aromatic carbocycles. The Labute approximate surface area is 241 Å². The van der Waals surface area contributed by atoms with Crippen molar-refractivity contribution < 1.29 is 18.3 Å². The molecule has 2 rings (SSSR count). The van der Waals surface area contributed by atoms with Crippen molar-refractivity contribution in [2.75, 3.05) is 13.2 Å². The molecule has 0 aliphatic rings. The van der Waals surface area contributed by atoms with Gasteiger partial charge in [-0.15, -0.1) is 0 Å². The van der Waals surface area contributed by atoms with Crippen LogP contribution < -0.4 is 9.05 Å². The Hall–Kier alpha value is -1.61. The Morgan fingerprint density at radius 2 is 0.974 bits per heavy atom. The summed E-state index contributed by atoms with van der Waals surface area (Å²) < 4.78 is 24.4. The third-order valence-electron chi connectivity index (χ3n) is 6.94. The molecule has 39 heavy (non-hydrogen) atoms. The van der Waals surface area contributed by atoms with Gasteiger partial charge in [-0.25, -0.2) is 0 Å². The fourth-order valence-corrected chi connectivity index (χ4v) is 5.59. The lowest BCUT2D eigenvalue weighted by Gasteiger charge is -2.18. The van der Waals surface area contributed by atoms with Gasteiger partial charge in [0.15, 0.2) is 0 Å². The Kier molecular flexibility index (Phi) is 20.9. The molecule has 220 valence electrons. The van der Waals surface area contributed by atoms with Crippen LogP contribution in [0.5, 0.6) is 11.5 Å². The third-order valence-corrected chi connectivity index (χ3v) is 8.06. The van der Waals surface area contributed by atoms with E-state index in [4.69, 9.17) is 18.3 Å². The number of hydrogen-bond acceptors (Lipinski definition) is 4. The van der Waals surface area contributed by atoms with Crippen LogP contribution in [0, 0.1) is 0 Å². The summed E-state index contributed by atoms with van der Waals surface area (Å²) >= 11 is 0. The highest BCUT2D eigenvalue weighted by Gasteiger charge is 2.17. The van der Waals surface area contributed by atoms with Crippen molar-refractivity contribution in [1.29, 1.82) is 0 Å². The Morgan fingerprint density at radius 3 is 1.54 bits per heavy atom. The van der Waals surface area contributed by atoms with Gasteiger partial charge in [-0.05, 0) is 49.9 Å². The zero-order chi connectivity index (χ0) is 27.6. The summed E-state index contributed by atoms with van der Waals surface area (Å²) in [4.78, 5) is 0. The van der Waals surface area contributed by atoms with Crippen LogP contribution in [0.4, 0.5) is 0 Å². The quantitative estimate of drug-likeness (QED) is 0.0850. The van der Waals surface area contributed by atoms with Crippen molar-refractivity contribution in [3.63, 3.8) is 0 Å². The second-order valence-electron chi connectivity index (χ2n) is 10.5. The molecule has 0 heterocycles. The van der Waals surface area contributed by atoms with Crippen molar-refractivity contribution in [1.82, 2.24) is 0 Å². The maximum Gasteiger partial charge on any atom is 0.463 e. The summed E-state index contributed by atoms with van der Waals surface area (Å²) in [5, 5.41) is 0. The van der Waals surface area contributed by atoms with Gasteiger partial charge in [0, 0.05) is 6.61 Å². The van der Waals surface area contributed by atoms with Crippen molar-refractivity contribution in [2.24, 2.45) is 0 Å². The topological polar surface area (TPSA) is 36.9 Å². The molecule has 0 fully saturated rings.